The average molecular weight is 301 g/mol. The van der Waals surface area contributed by atoms with Crippen LogP contribution in [0.15, 0.2) is 24.3 Å². The molecule has 114 valence electrons. The van der Waals surface area contributed by atoms with Gasteiger partial charge in [-0.15, -0.1) is 12.4 Å². The Morgan fingerprint density at radius 1 is 1.35 bits per heavy atom. The van der Waals surface area contributed by atoms with Gasteiger partial charge in [-0.3, -0.25) is 4.79 Å². The molecule has 0 saturated heterocycles. The lowest BCUT2D eigenvalue weighted by atomic mass is 10.1. The van der Waals surface area contributed by atoms with Crippen LogP contribution < -0.4 is 15.4 Å². The summed E-state index contributed by atoms with van der Waals surface area (Å²) in [5.41, 5.74) is 1.13. The van der Waals surface area contributed by atoms with E-state index in [1.165, 1.54) is 0 Å². The fraction of sp³-hybridized carbons (Fsp3) is 0.533. The molecule has 1 rings (SSSR count). The third-order valence-electron chi connectivity index (χ3n) is 2.92. The lowest BCUT2D eigenvalue weighted by molar-refractivity contribution is -0.124. The molecule has 0 fully saturated rings. The van der Waals surface area contributed by atoms with Crippen LogP contribution in [0.3, 0.4) is 0 Å². The fourth-order valence-electron chi connectivity index (χ4n) is 1.90. The van der Waals surface area contributed by atoms with Crippen molar-refractivity contribution in [3.63, 3.8) is 0 Å². The number of hydrogen-bond donors (Lipinski definition) is 2. The second kappa shape index (κ2) is 10.5. The summed E-state index contributed by atoms with van der Waals surface area (Å²) >= 11 is 0. The van der Waals surface area contributed by atoms with Crippen LogP contribution >= 0.6 is 12.4 Å². The predicted molar refractivity (Wildman–Crippen MR) is 84.7 cm³/mol. The zero-order chi connectivity index (χ0) is 14.1. The first kappa shape index (κ1) is 18.7. The third kappa shape index (κ3) is 6.26. The van der Waals surface area contributed by atoms with Crippen LogP contribution in [0.2, 0.25) is 0 Å². The molecule has 0 saturated carbocycles. The molecule has 0 spiro atoms. The van der Waals surface area contributed by atoms with Gasteiger partial charge in [-0.25, -0.2) is 0 Å². The molecule has 4 nitrogen and oxygen atoms in total. The minimum Gasteiger partial charge on any atom is -0.494 e. The summed E-state index contributed by atoms with van der Waals surface area (Å²) in [6.07, 6.45) is 0.786. The molecule has 1 aromatic carbocycles. The Labute approximate surface area is 127 Å². The van der Waals surface area contributed by atoms with Crippen molar-refractivity contribution in [2.45, 2.75) is 20.3 Å². The first-order chi connectivity index (χ1) is 9.19. The Balaban J connectivity index is 0.00000361. The molecule has 0 aliphatic heterocycles. The Morgan fingerprint density at radius 3 is 2.70 bits per heavy atom. The SMILES string of the molecule is CCOc1ccccc1CCNC(=O)C(C)CNC.Cl. The minimum atomic E-state index is -0.00728. The Bertz CT molecular complexity index is 399. The number of benzene rings is 1. The monoisotopic (exact) mass is 300 g/mol. The predicted octanol–water partition coefficient (Wildman–Crippen LogP) is 2.02. The Hall–Kier alpha value is -1.26. The molecule has 0 aliphatic rings. The molecule has 2 N–H and O–H groups in total. The number of nitrogens with one attached hydrogen (secondary N) is 2. The van der Waals surface area contributed by atoms with Crippen LogP contribution in [-0.4, -0.2) is 32.7 Å². The van der Waals surface area contributed by atoms with E-state index in [4.69, 9.17) is 4.74 Å². The molecular weight excluding hydrogens is 276 g/mol. The topological polar surface area (TPSA) is 50.4 Å². The average Bonchev–Trinajstić information content (AvgIpc) is 2.41. The zero-order valence-electron chi connectivity index (χ0n) is 12.4. The largest absolute Gasteiger partial charge is 0.494 e. The number of amides is 1. The van der Waals surface area contributed by atoms with Crippen molar-refractivity contribution in [2.24, 2.45) is 5.92 Å². The van der Waals surface area contributed by atoms with E-state index < -0.39 is 0 Å². The number of para-hydroxylation sites is 1. The molecule has 1 atom stereocenters. The van der Waals surface area contributed by atoms with Gasteiger partial charge in [-0.05, 0) is 32.0 Å². The van der Waals surface area contributed by atoms with E-state index >= 15 is 0 Å². The zero-order valence-corrected chi connectivity index (χ0v) is 13.3. The van der Waals surface area contributed by atoms with E-state index in [0.717, 1.165) is 17.7 Å². The smallest absolute Gasteiger partial charge is 0.224 e. The van der Waals surface area contributed by atoms with Gasteiger partial charge in [-0.1, -0.05) is 25.1 Å². The van der Waals surface area contributed by atoms with Gasteiger partial charge in [0.25, 0.3) is 0 Å². The minimum absolute atomic E-state index is 0. The number of hydrogen-bond acceptors (Lipinski definition) is 3. The first-order valence-electron chi connectivity index (χ1n) is 6.82. The summed E-state index contributed by atoms with van der Waals surface area (Å²) < 4.78 is 5.56. The van der Waals surface area contributed by atoms with Crippen LogP contribution in [0.5, 0.6) is 5.75 Å². The van der Waals surface area contributed by atoms with Gasteiger partial charge in [0.2, 0.25) is 5.91 Å². The van der Waals surface area contributed by atoms with E-state index in [0.29, 0.717) is 19.7 Å². The first-order valence-corrected chi connectivity index (χ1v) is 6.82. The second-order valence-electron chi connectivity index (χ2n) is 4.54. The summed E-state index contributed by atoms with van der Waals surface area (Å²) in [4.78, 5) is 11.8. The van der Waals surface area contributed by atoms with E-state index in [2.05, 4.69) is 10.6 Å². The molecule has 0 bridgehead atoms. The third-order valence-corrected chi connectivity index (χ3v) is 2.92. The standard InChI is InChI=1S/C15H24N2O2.ClH/c1-4-19-14-8-6-5-7-13(14)9-10-17-15(18)12(2)11-16-3;/h5-8,12,16H,4,9-11H2,1-3H3,(H,17,18);1H. The molecule has 0 aliphatic carbocycles. The molecule has 1 aromatic rings. The van der Waals surface area contributed by atoms with Crippen molar-refractivity contribution in [3.8, 4) is 5.75 Å². The van der Waals surface area contributed by atoms with Crippen molar-refractivity contribution in [3.05, 3.63) is 29.8 Å². The summed E-state index contributed by atoms with van der Waals surface area (Å²) in [6.45, 7) is 5.87. The van der Waals surface area contributed by atoms with Crippen LogP contribution in [0, 0.1) is 5.92 Å². The number of halogens is 1. The molecule has 0 heterocycles. The van der Waals surface area contributed by atoms with Crippen molar-refractivity contribution in [1.82, 2.24) is 10.6 Å². The van der Waals surface area contributed by atoms with Crippen LogP contribution in [0.25, 0.3) is 0 Å². The quantitative estimate of drug-likeness (QED) is 0.772. The summed E-state index contributed by atoms with van der Waals surface area (Å²) in [7, 11) is 1.85. The molecule has 0 radical (unpaired) electrons. The lowest BCUT2D eigenvalue weighted by Gasteiger charge is -2.13. The molecule has 1 amide bonds. The highest BCUT2D eigenvalue weighted by Crippen LogP contribution is 2.17. The van der Waals surface area contributed by atoms with Gasteiger partial charge >= 0.3 is 0 Å². The van der Waals surface area contributed by atoms with E-state index in [1.807, 2.05) is 45.2 Å². The molecule has 1 unspecified atom stereocenters. The van der Waals surface area contributed by atoms with Crippen molar-refractivity contribution in [1.29, 1.82) is 0 Å². The summed E-state index contributed by atoms with van der Waals surface area (Å²) in [5, 5.41) is 5.95. The van der Waals surface area contributed by atoms with Crippen LogP contribution in [0.4, 0.5) is 0 Å². The maximum atomic E-state index is 11.8. The highest BCUT2D eigenvalue weighted by atomic mass is 35.5. The van der Waals surface area contributed by atoms with Gasteiger partial charge in [0, 0.05) is 19.0 Å². The summed E-state index contributed by atoms with van der Waals surface area (Å²) in [5.74, 6) is 0.984. The number of rotatable bonds is 8. The van der Waals surface area contributed by atoms with E-state index in [1.54, 1.807) is 0 Å². The number of ether oxygens (including phenoxy) is 1. The molecule has 20 heavy (non-hydrogen) atoms. The van der Waals surface area contributed by atoms with E-state index in [9.17, 15) is 4.79 Å². The fourth-order valence-corrected chi connectivity index (χ4v) is 1.90. The summed E-state index contributed by atoms with van der Waals surface area (Å²) in [6, 6.07) is 7.95. The maximum absolute atomic E-state index is 11.8. The molecular formula is C15H25ClN2O2. The van der Waals surface area contributed by atoms with Gasteiger partial charge < -0.3 is 15.4 Å². The van der Waals surface area contributed by atoms with Crippen molar-refractivity contribution < 1.29 is 9.53 Å². The second-order valence-corrected chi connectivity index (χ2v) is 4.54. The van der Waals surface area contributed by atoms with Gasteiger partial charge in [-0.2, -0.15) is 0 Å². The Morgan fingerprint density at radius 2 is 2.05 bits per heavy atom. The van der Waals surface area contributed by atoms with Crippen LogP contribution in [0.1, 0.15) is 19.4 Å². The number of carbonyl (C=O) groups is 1. The highest BCUT2D eigenvalue weighted by Gasteiger charge is 2.11. The Kier molecular flexibility index (Phi) is 9.86. The van der Waals surface area contributed by atoms with Crippen molar-refractivity contribution in [2.75, 3.05) is 26.7 Å². The van der Waals surface area contributed by atoms with Crippen LogP contribution in [-0.2, 0) is 11.2 Å². The van der Waals surface area contributed by atoms with Crippen molar-refractivity contribution >= 4 is 18.3 Å². The van der Waals surface area contributed by atoms with Gasteiger partial charge in [0.05, 0.1) is 6.61 Å². The maximum Gasteiger partial charge on any atom is 0.224 e. The van der Waals surface area contributed by atoms with Gasteiger partial charge in [0.1, 0.15) is 5.75 Å². The number of carbonyl (C=O) groups excluding carboxylic acids is 1. The van der Waals surface area contributed by atoms with Gasteiger partial charge in [0.15, 0.2) is 0 Å². The lowest BCUT2D eigenvalue weighted by Crippen LogP contribution is -2.35. The normalized spacial score (nSPS) is 11.3. The molecule has 0 aromatic heterocycles. The highest BCUT2D eigenvalue weighted by molar-refractivity contribution is 5.85. The molecule has 5 heteroatoms. The van der Waals surface area contributed by atoms with E-state index in [-0.39, 0.29) is 24.2 Å².